The lowest BCUT2D eigenvalue weighted by molar-refractivity contribution is 0.0200. The van der Waals surface area contributed by atoms with E-state index in [2.05, 4.69) is 37.9 Å². The molecule has 1 unspecified atom stereocenters. The number of piperazine rings is 1. The van der Waals surface area contributed by atoms with Crippen LogP contribution in [0, 0.1) is 5.92 Å². The lowest BCUT2D eigenvalue weighted by Crippen LogP contribution is -2.63. The lowest BCUT2D eigenvalue weighted by Gasteiger charge is -2.46. The third kappa shape index (κ3) is 5.22. The SMILES string of the molecule is COCCOCCN1CC(C)(C)NCC1C(C)C. The van der Waals surface area contributed by atoms with Gasteiger partial charge in [-0.05, 0) is 19.8 Å². The fourth-order valence-corrected chi connectivity index (χ4v) is 2.52. The van der Waals surface area contributed by atoms with Crippen molar-refractivity contribution in [2.24, 2.45) is 5.92 Å². The zero-order valence-electron chi connectivity index (χ0n) is 12.7. The Morgan fingerprint density at radius 1 is 1.28 bits per heavy atom. The molecule has 0 amide bonds. The van der Waals surface area contributed by atoms with Crippen LogP contribution in [0.15, 0.2) is 0 Å². The summed E-state index contributed by atoms with van der Waals surface area (Å²) in [6, 6.07) is 0.615. The summed E-state index contributed by atoms with van der Waals surface area (Å²) >= 11 is 0. The zero-order chi connectivity index (χ0) is 13.6. The van der Waals surface area contributed by atoms with Crippen molar-refractivity contribution in [2.45, 2.75) is 39.3 Å². The summed E-state index contributed by atoms with van der Waals surface area (Å²) < 4.78 is 10.6. The molecule has 1 atom stereocenters. The molecule has 0 bridgehead atoms. The third-order valence-corrected chi connectivity index (χ3v) is 3.58. The number of rotatable bonds is 7. The van der Waals surface area contributed by atoms with Crippen LogP contribution in [0.2, 0.25) is 0 Å². The van der Waals surface area contributed by atoms with E-state index in [0.717, 1.165) is 26.2 Å². The first-order chi connectivity index (χ1) is 8.46. The molecule has 1 aliphatic heterocycles. The molecule has 1 fully saturated rings. The molecule has 1 aliphatic rings. The first-order valence-electron chi connectivity index (χ1n) is 7.02. The fourth-order valence-electron chi connectivity index (χ4n) is 2.52. The second kappa shape index (κ2) is 7.43. The molecule has 1 saturated heterocycles. The number of hydrogen-bond donors (Lipinski definition) is 1. The molecule has 4 heteroatoms. The number of ether oxygens (including phenoxy) is 2. The minimum Gasteiger partial charge on any atom is -0.382 e. The maximum absolute atomic E-state index is 5.59. The fraction of sp³-hybridized carbons (Fsp3) is 1.00. The molecule has 0 aromatic rings. The first-order valence-corrected chi connectivity index (χ1v) is 7.02. The van der Waals surface area contributed by atoms with Crippen LogP contribution in [0.3, 0.4) is 0 Å². The summed E-state index contributed by atoms with van der Waals surface area (Å²) in [5, 5.41) is 3.63. The van der Waals surface area contributed by atoms with Gasteiger partial charge in [-0.25, -0.2) is 0 Å². The molecule has 0 spiro atoms. The van der Waals surface area contributed by atoms with Gasteiger partial charge in [-0.15, -0.1) is 0 Å². The van der Waals surface area contributed by atoms with E-state index in [1.165, 1.54) is 0 Å². The Hall–Kier alpha value is -0.160. The average molecular weight is 258 g/mol. The Morgan fingerprint density at radius 2 is 2.00 bits per heavy atom. The number of nitrogens with zero attached hydrogens (tertiary/aromatic N) is 1. The van der Waals surface area contributed by atoms with Crippen LogP contribution in [-0.4, -0.2) is 63.0 Å². The number of methoxy groups -OCH3 is 1. The lowest BCUT2D eigenvalue weighted by atomic mass is 9.93. The second-order valence-electron chi connectivity index (χ2n) is 6.15. The average Bonchev–Trinajstić information content (AvgIpc) is 2.27. The van der Waals surface area contributed by atoms with E-state index in [-0.39, 0.29) is 5.54 Å². The summed E-state index contributed by atoms with van der Waals surface area (Å²) in [6.07, 6.45) is 0. The van der Waals surface area contributed by atoms with Crippen LogP contribution in [0.5, 0.6) is 0 Å². The predicted molar refractivity (Wildman–Crippen MR) is 75.0 cm³/mol. The predicted octanol–water partition coefficient (Wildman–Crippen LogP) is 1.36. The van der Waals surface area contributed by atoms with E-state index in [9.17, 15) is 0 Å². The highest BCUT2D eigenvalue weighted by Crippen LogP contribution is 2.19. The molecule has 108 valence electrons. The van der Waals surface area contributed by atoms with Crippen LogP contribution < -0.4 is 5.32 Å². The van der Waals surface area contributed by atoms with Gasteiger partial charge in [-0.1, -0.05) is 13.8 Å². The molecule has 0 radical (unpaired) electrons. The zero-order valence-corrected chi connectivity index (χ0v) is 12.7. The van der Waals surface area contributed by atoms with E-state index >= 15 is 0 Å². The highest BCUT2D eigenvalue weighted by Gasteiger charge is 2.33. The van der Waals surface area contributed by atoms with Gasteiger partial charge in [0.15, 0.2) is 0 Å². The van der Waals surface area contributed by atoms with Gasteiger partial charge >= 0.3 is 0 Å². The van der Waals surface area contributed by atoms with Crippen molar-refractivity contribution in [1.29, 1.82) is 0 Å². The van der Waals surface area contributed by atoms with Crippen LogP contribution in [-0.2, 0) is 9.47 Å². The summed E-state index contributed by atoms with van der Waals surface area (Å²) in [4.78, 5) is 2.56. The van der Waals surface area contributed by atoms with E-state index in [1.54, 1.807) is 7.11 Å². The van der Waals surface area contributed by atoms with Crippen molar-refractivity contribution < 1.29 is 9.47 Å². The van der Waals surface area contributed by atoms with Crippen LogP contribution in [0.25, 0.3) is 0 Å². The van der Waals surface area contributed by atoms with Crippen LogP contribution in [0.4, 0.5) is 0 Å². The van der Waals surface area contributed by atoms with Crippen molar-refractivity contribution in [1.82, 2.24) is 10.2 Å². The molecule has 4 nitrogen and oxygen atoms in total. The van der Waals surface area contributed by atoms with Crippen molar-refractivity contribution in [3.63, 3.8) is 0 Å². The van der Waals surface area contributed by atoms with Gasteiger partial charge in [0.2, 0.25) is 0 Å². The van der Waals surface area contributed by atoms with Gasteiger partial charge in [0.05, 0.1) is 19.8 Å². The van der Waals surface area contributed by atoms with E-state index < -0.39 is 0 Å². The van der Waals surface area contributed by atoms with E-state index in [4.69, 9.17) is 9.47 Å². The highest BCUT2D eigenvalue weighted by molar-refractivity contribution is 4.93. The maximum Gasteiger partial charge on any atom is 0.0700 e. The Morgan fingerprint density at radius 3 is 2.61 bits per heavy atom. The molecule has 0 saturated carbocycles. The molecule has 18 heavy (non-hydrogen) atoms. The largest absolute Gasteiger partial charge is 0.382 e. The number of hydrogen-bond acceptors (Lipinski definition) is 4. The van der Waals surface area contributed by atoms with E-state index in [0.29, 0.717) is 25.2 Å². The van der Waals surface area contributed by atoms with Gasteiger partial charge in [0, 0.05) is 38.3 Å². The smallest absolute Gasteiger partial charge is 0.0700 e. The van der Waals surface area contributed by atoms with Crippen LogP contribution >= 0.6 is 0 Å². The second-order valence-corrected chi connectivity index (χ2v) is 6.15. The Kier molecular flexibility index (Phi) is 6.57. The van der Waals surface area contributed by atoms with Gasteiger partial charge in [0.25, 0.3) is 0 Å². The van der Waals surface area contributed by atoms with Crippen molar-refractivity contribution in [2.75, 3.05) is 46.6 Å². The van der Waals surface area contributed by atoms with Gasteiger partial charge < -0.3 is 14.8 Å². The summed E-state index contributed by atoms with van der Waals surface area (Å²) in [5.74, 6) is 0.674. The van der Waals surface area contributed by atoms with Crippen molar-refractivity contribution in [3.05, 3.63) is 0 Å². The van der Waals surface area contributed by atoms with Crippen LogP contribution in [0.1, 0.15) is 27.7 Å². The molecule has 1 heterocycles. The maximum atomic E-state index is 5.59. The molecule has 0 aliphatic carbocycles. The molecule has 0 aromatic heterocycles. The van der Waals surface area contributed by atoms with Gasteiger partial charge in [-0.3, -0.25) is 4.90 Å². The third-order valence-electron chi connectivity index (χ3n) is 3.58. The molecule has 1 rings (SSSR count). The normalized spacial score (nSPS) is 24.7. The standard InChI is InChI=1S/C14H30N2O2/c1-12(2)13-10-15-14(3,4)11-16(13)6-7-18-9-8-17-5/h12-13,15H,6-11H2,1-5H3. The first kappa shape index (κ1) is 15.9. The number of nitrogens with one attached hydrogen (secondary N) is 1. The topological polar surface area (TPSA) is 33.7 Å². The summed E-state index contributed by atoms with van der Waals surface area (Å²) in [6.45, 7) is 14.5. The van der Waals surface area contributed by atoms with Crippen molar-refractivity contribution >= 4 is 0 Å². The Labute approximate surface area is 112 Å². The van der Waals surface area contributed by atoms with E-state index in [1.807, 2.05) is 0 Å². The monoisotopic (exact) mass is 258 g/mol. The Balaban J connectivity index is 2.37. The molecule has 1 N–H and O–H groups in total. The quantitative estimate of drug-likeness (QED) is 0.699. The minimum atomic E-state index is 0.206. The Bertz CT molecular complexity index is 232. The van der Waals surface area contributed by atoms with Gasteiger partial charge in [-0.2, -0.15) is 0 Å². The minimum absolute atomic E-state index is 0.206. The summed E-state index contributed by atoms with van der Waals surface area (Å²) in [5.41, 5.74) is 0.206. The summed E-state index contributed by atoms with van der Waals surface area (Å²) in [7, 11) is 1.71. The van der Waals surface area contributed by atoms with Crippen molar-refractivity contribution in [3.8, 4) is 0 Å². The van der Waals surface area contributed by atoms with Gasteiger partial charge in [0.1, 0.15) is 0 Å². The highest BCUT2D eigenvalue weighted by atomic mass is 16.5. The molecule has 0 aromatic carbocycles. The molecular formula is C14H30N2O2. The molecular weight excluding hydrogens is 228 g/mol.